The third-order valence-electron chi connectivity index (χ3n) is 5.75. The van der Waals surface area contributed by atoms with Crippen molar-refractivity contribution in [3.05, 3.63) is 81.7 Å². The van der Waals surface area contributed by atoms with Crippen LogP contribution in [0.3, 0.4) is 0 Å². The third-order valence-corrected chi connectivity index (χ3v) is 5.75. The first-order valence-corrected chi connectivity index (χ1v) is 10.7. The van der Waals surface area contributed by atoms with Gasteiger partial charge in [-0.2, -0.15) is 0 Å². The monoisotopic (exact) mass is 437 g/mol. The van der Waals surface area contributed by atoms with Gasteiger partial charge in [0.05, 0.1) is 16.5 Å². The number of halogens is 2. The zero-order chi connectivity index (χ0) is 22.8. The number of pyridine rings is 1. The molecule has 0 aliphatic carbocycles. The quantitative estimate of drug-likeness (QED) is 0.484. The fraction of sp³-hybridized carbons (Fsp3) is 0.280. The van der Waals surface area contributed by atoms with Gasteiger partial charge in [0.2, 0.25) is 5.43 Å². The second-order valence-corrected chi connectivity index (χ2v) is 7.98. The van der Waals surface area contributed by atoms with E-state index in [1.54, 1.807) is 17.9 Å². The first kappa shape index (κ1) is 21.9. The number of fused-ring (bicyclic) bond motifs is 1. The standard InChI is InChI=1S/C25H25F2N3O2/c1-3-29-15-19(21(31)10-9-17-7-5-4-6-8-17)25(32)18-13-20(26)24(22(27)23(18)29)30-12-11-28-16(2)14-30/h4-10,13,15-16,28H,3,11-12,14H2,1-2H3. The average molecular weight is 437 g/mol. The Labute approximate surface area is 185 Å². The van der Waals surface area contributed by atoms with Gasteiger partial charge in [0.15, 0.2) is 11.6 Å². The minimum absolute atomic E-state index is 0.0173. The van der Waals surface area contributed by atoms with E-state index in [0.717, 1.165) is 11.6 Å². The average Bonchev–Trinajstić information content (AvgIpc) is 2.79. The molecule has 5 nitrogen and oxygen atoms in total. The Morgan fingerprint density at radius 1 is 1.25 bits per heavy atom. The van der Waals surface area contributed by atoms with Crippen LogP contribution in [0, 0.1) is 11.6 Å². The predicted octanol–water partition coefficient (Wildman–Crippen LogP) is 3.99. The van der Waals surface area contributed by atoms with Crippen molar-refractivity contribution < 1.29 is 13.6 Å². The molecule has 1 aliphatic rings. The van der Waals surface area contributed by atoms with Crippen LogP contribution >= 0.6 is 0 Å². The number of anilines is 1. The summed E-state index contributed by atoms with van der Waals surface area (Å²) in [6, 6.07) is 10.4. The van der Waals surface area contributed by atoms with Gasteiger partial charge in [0.1, 0.15) is 11.5 Å². The molecule has 32 heavy (non-hydrogen) atoms. The molecule has 0 amide bonds. The lowest BCUT2D eigenvalue weighted by Gasteiger charge is -2.34. The fourth-order valence-corrected chi connectivity index (χ4v) is 4.15. The van der Waals surface area contributed by atoms with Crippen LogP contribution in [-0.4, -0.2) is 36.0 Å². The van der Waals surface area contributed by atoms with E-state index >= 15 is 8.78 Å². The Balaban J connectivity index is 1.82. The molecule has 1 unspecified atom stereocenters. The van der Waals surface area contributed by atoms with Gasteiger partial charge in [0.25, 0.3) is 0 Å². The predicted molar refractivity (Wildman–Crippen MR) is 123 cm³/mol. The summed E-state index contributed by atoms with van der Waals surface area (Å²) in [5, 5.41) is 3.12. The van der Waals surface area contributed by atoms with Crippen LogP contribution in [0.15, 0.2) is 53.5 Å². The molecule has 0 radical (unpaired) electrons. The Morgan fingerprint density at radius 2 is 2.00 bits per heavy atom. The van der Waals surface area contributed by atoms with Crippen LogP contribution < -0.4 is 15.6 Å². The van der Waals surface area contributed by atoms with Gasteiger partial charge < -0.3 is 14.8 Å². The summed E-state index contributed by atoms with van der Waals surface area (Å²) in [6.45, 7) is 5.58. The van der Waals surface area contributed by atoms with Crippen LogP contribution in [0.1, 0.15) is 29.8 Å². The number of aromatic nitrogens is 1. The molecule has 1 fully saturated rings. The molecule has 1 N–H and O–H groups in total. The molecule has 1 saturated heterocycles. The molecule has 0 bridgehead atoms. The Kier molecular flexibility index (Phi) is 6.19. The van der Waals surface area contributed by atoms with Gasteiger partial charge in [-0.05, 0) is 31.6 Å². The van der Waals surface area contributed by atoms with Crippen molar-refractivity contribution in [3.8, 4) is 0 Å². The van der Waals surface area contributed by atoms with Crippen molar-refractivity contribution >= 4 is 28.4 Å². The molecular weight excluding hydrogens is 412 g/mol. The van der Waals surface area contributed by atoms with E-state index in [2.05, 4.69) is 5.32 Å². The summed E-state index contributed by atoms with van der Waals surface area (Å²) < 4.78 is 32.2. The van der Waals surface area contributed by atoms with E-state index < -0.39 is 22.8 Å². The highest BCUT2D eigenvalue weighted by atomic mass is 19.1. The number of aryl methyl sites for hydroxylation is 1. The Hall–Kier alpha value is -3.32. The molecule has 2 aromatic carbocycles. The van der Waals surface area contributed by atoms with Gasteiger partial charge in [0, 0.05) is 38.4 Å². The maximum Gasteiger partial charge on any atom is 0.200 e. The second-order valence-electron chi connectivity index (χ2n) is 7.98. The SMILES string of the molecule is CCn1cc(C(=O)C=Cc2ccccc2)c(=O)c2cc(F)c(N3CCNC(C)C3)c(F)c21. The maximum absolute atomic E-state index is 15.6. The molecule has 2 heterocycles. The molecular formula is C25H25F2N3O2. The van der Waals surface area contributed by atoms with E-state index in [0.29, 0.717) is 26.2 Å². The summed E-state index contributed by atoms with van der Waals surface area (Å²) in [6.07, 6.45) is 4.28. The highest BCUT2D eigenvalue weighted by Gasteiger charge is 2.26. The number of hydrogen-bond donors (Lipinski definition) is 1. The van der Waals surface area contributed by atoms with Crippen LogP contribution in [0.4, 0.5) is 14.5 Å². The number of rotatable bonds is 5. The van der Waals surface area contributed by atoms with Gasteiger partial charge in [-0.15, -0.1) is 0 Å². The van der Waals surface area contributed by atoms with Crippen molar-refractivity contribution in [2.75, 3.05) is 24.5 Å². The number of nitrogens with one attached hydrogen (secondary N) is 1. The highest BCUT2D eigenvalue weighted by molar-refractivity contribution is 6.08. The number of benzene rings is 2. The van der Waals surface area contributed by atoms with Crippen LogP contribution in [-0.2, 0) is 6.54 Å². The molecule has 0 spiro atoms. The Bertz CT molecular complexity index is 1250. The zero-order valence-corrected chi connectivity index (χ0v) is 18.1. The summed E-state index contributed by atoms with van der Waals surface area (Å²) in [7, 11) is 0. The number of ketones is 1. The molecule has 1 atom stereocenters. The van der Waals surface area contributed by atoms with E-state index in [-0.39, 0.29) is 28.2 Å². The van der Waals surface area contributed by atoms with E-state index in [9.17, 15) is 9.59 Å². The molecule has 0 saturated carbocycles. The van der Waals surface area contributed by atoms with Crippen LogP contribution in [0.5, 0.6) is 0 Å². The van der Waals surface area contributed by atoms with Gasteiger partial charge >= 0.3 is 0 Å². The van der Waals surface area contributed by atoms with Crippen molar-refractivity contribution in [2.45, 2.75) is 26.4 Å². The number of allylic oxidation sites excluding steroid dienone is 1. The second kappa shape index (κ2) is 9.04. The van der Waals surface area contributed by atoms with Crippen molar-refractivity contribution in [2.24, 2.45) is 0 Å². The fourth-order valence-electron chi connectivity index (χ4n) is 4.15. The molecule has 1 aliphatic heterocycles. The highest BCUT2D eigenvalue weighted by Crippen LogP contribution is 2.30. The number of carbonyl (C=O) groups excluding carboxylic acids is 1. The number of piperazine rings is 1. The largest absolute Gasteiger partial charge is 0.364 e. The van der Waals surface area contributed by atoms with Crippen molar-refractivity contribution in [3.63, 3.8) is 0 Å². The molecule has 166 valence electrons. The van der Waals surface area contributed by atoms with Gasteiger partial charge in [-0.3, -0.25) is 9.59 Å². The normalized spacial score (nSPS) is 16.8. The van der Waals surface area contributed by atoms with Crippen molar-refractivity contribution in [1.82, 2.24) is 9.88 Å². The minimum Gasteiger partial charge on any atom is -0.364 e. The maximum atomic E-state index is 15.6. The van der Waals surface area contributed by atoms with Crippen LogP contribution in [0.2, 0.25) is 0 Å². The summed E-state index contributed by atoms with van der Waals surface area (Å²) in [5.74, 6) is -2.08. The third kappa shape index (κ3) is 4.08. The summed E-state index contributed by atoms with van der Waals surface area (Å²) >= 11 is 0. The lowest BCUT2D eigenvalue weighted by Crippen LogP contribution is -2.49. The van der Waals surface area contributed by atoms with Crippen LogP contribution in [0.25, 0.3) is 17.0 Å². The lowest BCUT2D eigenvalue weighted by atomic mass is 10.0. The zero-order valence-electron chi connectivity index (χ0n) is 18.1. The number of carbonyl (C=O) groups is 1. The smallest absolute Gasteiger partial charge is 0.200 e. The van der Waals surface area contributed by atoms with Gasteiger partial charge in [-0.25, -0.2) is 8.78 Å². The van der Waals surface area contributed by atoms with E-state index in [1.165, 1.54) is 16.8 Å². The van der Waals surface area contributed by atoms with E-state index in [1.807, 2.05) is 37.3 Å². The van der Waals surface area contributed by atoms with E-state index in [4.69, 9.17) is 0 Å². The van der Waals surface area contributed by atoms with Gasteiger partial charge in [-0.1, -0.05) is 36.4 Å². The lowest BCUT2D eigenvalue weighted by molar-refractivity contribution is 0.104. The molecule has 7 heteroatoms. The Morgan fingerprint density at radius 3 is 2.69 bits per heavy atom. The topological polar surface area (TPSA) is 54.3 Å². The molecule has 3 aromatic rings. The van der Waals surface area contributed by atoms with Crippen molar-refractivity contribution in [1.29, 1.82) is 0 Å². The first-order valence-electron chi connectivity index (χ1n) is 10.7. The number of nitrogens with zero attached hydrogens (tertiary/aromatic N) is 2. The minimum atomic E-state index is -0.798. The molecule has 1 aromatic heterocycles. The first-order chi connectivity index (χ1) is 15.4. The molecule has 4 rings (SSSR count). The summed E-state index contributed by atoms with van der Waals surface area (Å²) in [4.78, 5) is 27.5. The summed E-state index contributed by atoms with van der Waals surface area (Å²) in [5.41, 5.74) is -0.0945. The number of hydrogen-bond acceptors (Lipinski definition) is 4.